The van der Waals surface area contributed by atoms with E-state index in [-0.39, 0.29) is 12.1 Å². The summed E-state index contributed by atoms with van der Waals surface area (Å²) in [5.74, 6) is -0.265. The van der Waals surface area contributed by atoms with Gasteiger partial charge in [-0.15, -0.1) is 0 Å². The zero-order valence-corrected chi connectivity index (χ0v) is 9.44. The van der Waals surface area contributed by atoms with Gasteiger partial charge in [0.2, 0.25) is 0 Å². The third-order valence-corrected chi connectivity index (χ3v) is 2.23. The minimum absolute atomic E-state index is 0.265. The molecule has 1 aliphatic heterocycles. The van der Waals surface area contributed by atoms with Gasteiger partial charge in [0.05, 0.1) is 19.3 Å². The molecule has 4 nitrogen and oxygen atoms in total. The van der Waals surface area contributed by atoms with Crippen LogP contribution in [0.4, 0.5) is 0 Å². The van der Waals surface area contributed by atoms with Gasteiger partial charge in [-0.05, 0) is 13.8 Å². The highest BCUT2D eigenvalue weighted by atomic mass is 16.5. The summed E-state index contributed by atoms with van der Waals surface area (Å²) < 4.78 is 10.2. The number of hydrogen-bond acceptors (Lipinski definition) is 4. The van der Waals surface area contributed by atoms with E-state index in [1.165, 1.54) is 6.08 Å². The molecule has 0 radical (unpaired) electrons. The van der Waals surface area contributed by atoms with Crippen LogP contribution in [-0.2, 0) is 14.3 Å². The average Bonchev–Trinajstić information content (AvgIpc) is 2.18. The predicted octanol–water partition coefficient (Wildman–Crippen LogP) is 0.826. The first-order valence-corrected chi connectivity index (χ1v) is 5.39. The van der Waals surface area contributed by atoms with Crippen LogP contribution in [0, 0.1) is 0 Å². The number of rotatable bonds is 4. The second-order valence-electron chi connectivity index (χ2n) is 3.60. The molecule has 1 unspecified atom stereocenters. The maximum absolute atomic E-state index is 11.0. The first kappa shape index (κ1) is 12.2. The number of ether oxygens (including phenoxy) is 2. The van der Waals surface area contributed by atoms with Gasteiger partial charge < -0.3 is 9.47 Å². The smallest absolute Gasteiger partial charge is 0.330 e. The van der Waals surface area contributed by atoms with E-state index in [0.717, 1.165) is 26.2 Å². The van der Waals surface area contributed by atoms with E-state index in [2.05, 4.69) is 11.8 Å². The first-order chi connectivity index (χ1) is 7.22. The van der Waals surface area contributed by atoms with Crippen molar-refractivity contribution in [3.63, 3.8) is 0 Å². The van der Waals surface area contributed by atoms with Gasteiger partial charge in [-0.25, -0.2) is 4.79 Å². The van der Waals surface area contributed by atoms with Crippen LogP contribution in [0.2, 0.25) is 0 Å². The van der Waals surface area contributed by atoms with Crippen LogP contribution in [-0.4, -0.2) is 49.8 Å². The molecule has 1 rings (SSSR count). The van der Waals surface area contributed by atoms with Crippen LogP contribution in [0.15, 0.2) is 12.2 Å². The molecule has 0 aromatic rings. The highest BCUT2D eigenvalue weighted by Crippen LogP contribution is 2.03. The van der Waals surface area contributed by atoms with Crippen molar-refractivity contribution in [1.29, 1.82) is 0 Å². The van der Waals surface area contributed by atoms with Crippen LogP contribution in [0.3, 0.4) is 0 Å². The Labute approximate surface area is 90.8 Å². The van der Waals surface area contributed by atoms with Gasteiger partial charge >= 0.3 is 5.97 Å². The van der Waals surface area contributed by atoms with E-state index in [1.54, 1.807) is 6.92 Å². The maximum atomic E-state index is 11.0. The Bertz CT molecular complexity index is 228. The SMILES string of the molecule is CCOC(=O)/C=C/CN1CCOC(C)C1. The Kier molecular flexibility index (Phi) is 5.36. The molecule has 0 aliphatic carbocycles. The van der Waals surface area contributed by atoms with Crippen molar-refractivity contribution in [3.8, 4) is 0 Å². The van der Waals surface area contributed by atoms with Gasteiger partial charge in [0, 0.05) is 25.7 Å². The van der Waals surface area contributed by atoms with Crippen LogP contribution < -0.4 is 0 Å². The fourth-order valence-corrected chi connectivity index (χ4v) is 1.54. The third kappa shape index (κ3) is 4.95. The third-order valence-electron chi connectivity index (χ3n) is 2.23. The van der Waals surface area contributed by atoms with E-state index in [9.17, 15) is 4.79 Å². The Morgan fingerprint density at radius 1 is 1.67 bits per heavy atom. The standard InChI is InChI=1S/C11H19NO3/c1-3-14-11(13)5-4-6-12-7-8-15-10(2)9-12/h4-5,10H,3,6-9H2,1-2H3/b5-4+. The number of carbonyl (C=O) groups is 1. The molecule has 1 aliphatic rings. The van der Waals surface area contributed by atoms with Gasteiger partial charge in [-0.3, -0.25) is 4.90 Å². The van der Waals surface area contributed by atoms with E-state index in [1.807, 2.05) is 6.08 Å². The Morgan fingerprint density at radius 3 is 3.13 bits per heavy atom. The maximum Gasteiger partial charge on any atom is 0.330 e. The lowest BCUT2D eigenvalue weighted by Crippen LogP contribution is -2.41. The summed E-state index contributed by atoms with van der Waals surface area (Å²) in [6, 6.07) is 0. The second kappa shape index (κ2) is 6.58. The average molecular weight is 213 g/mol. The van der Waals surface area contributed by atoms with Crippen molar-refractivity contribution < 1.29 is 14.3 Å². The van der Waals surface area contributed by atoms with Crippen LogP contribution in [0.5, 0.6) is 0 Å². The summed E-state index contributed by atoms with van der Waals surface area (Å²) in [5.41, 5.74) is 0. The molecule has 0 bridgehead atoms. The molecule has 0 N–H and O–H groups in total. The molecule has 1 atom stereocenters. The zero-order valence-electron chi connectivity index (χ0n) is 9.44. The van der Waals surface area contributed by atoms with Crippen LogP contribution in [0.25, 0.3) is 0 Å². The molecular weight excluding hydrogens is 194 g/mol. The van der Waals surface area contributed by atoms with Crippen molar-refractivity contribution in [2.45, 2.75) is 20.0 Å². The lowest BCUT2D eigenvalue weighted by molar-refractivity contribution is -0.137. The minimum Gasteiger partial charge on any atom is -0.463 e. The van der Waals surface area contributed by atoms with E-state index in [0.29, 0.717) is 6.61 Å². The molecular formula is C11H19NO3. The highest BCUT2D eigenvalue weighted by molar-refractivity contribution is 5.81. The number of hydrogen-bond donors (Lipinski definition) is 0. The monoisotopic (exact) mass is 213 g/mol. The molecule has 1 heterocycles. The molecule has 0 aromatic heterocycles. The van der Waals surface area contributed by atoms with Gasteiger partial charge in [0.1, 0.15) is 0 Å². The highest BCUT2D eigenvalue weighted by Gasteiger charge is 2.14. The molecule has 0 aromatic carbocycles. The van der Waals surface area contributed by atoms with Gasteiger partial charge in [-0.2, -0.15) is 0 Å². The van der Waals surface area contributed by atoms with Crippen LogP contribution >= 0.6 is 0 Å². The first-order valence-electron chi connectivity index (χ1n) is 5.39. The normalized spacial score (nSPS) is 23.2. The van der Waals surface area contributed by atoms with Crippen molar-refractivity contribution >= 4 is 5.97 Å². The fraction of sp³-hybridized carbons (Fsp3) is 0.727. The molecule has 86 valence electrons. The quantitative estimate of drug-likeness (QED) is 0.512. The number of morpholine rings is 1. The molecule has 0 amide bonds. The van der Waals surface area contributed by atoms with Crippen LogP contribution in [0.1, 0.15) is 13.8 Å². The molecule has 1 fully saturated rings. The Hall–Kier alpha value is -0.870. The summed E-state index contributed by atoms with van der Waals surface area (Å²) in [6.45, 7) is 7.69. The Morgan fingerprint density at radius 2 is 2.47 bits per heavy atom. The molecule has 0 spiro atoms. The van der Waals surface area contributed by atoms with Gasteiger partial charge in [0.25, 0.3) is 0 Å². The summed E-state index contributed by atoms with van der Waals surface area (Å²) in [5, 5.41) is 0. The van der Waals surface area contributed by atoms with Crippen molar-refractivity contribution in [3.05, 3.63) is 12.2 Å². The summed E-state index contributed by atoms with van der Waals surface area (Å²) >= 11 is 0. The second-order valence-corrected chi connectivity index (χ2v) is 3.60. The van der Waals surface area contributed by atoms with E-state index in [4.69, 9.17) is 9.47 Å². The van der Waals surface area contributed by atoms with Crippen molar-refractivity contribution in [2.24, 2.45) is 0 Å². The lowest BCUT2D eigenvalue weighted by Gasteiger charge is -2.29. The van der Waals surface area contributed by atoms with Gasteiger partial charge in [-0.1, -0.05) is 6.08 Å². The number of carbonyl (C=O) groups excluding carboxylic acids is 1. The summed E-state index contributed by atoms with van der Waals surface area (Å²) in [6.07, 6.45) is 3.62. The molecule has 15 heavy (non-hydrogen) atoms. The van der Waals surface area contributed by atoms with E-state index < -0.39 is 0 Å². The molecule has 4 heteroatoms. The van der Waals surface area contributed by atoms with E-state index >= 15 is 0 Å². The topological polar surface area (TPSA) is 38.8 Å². The lowest BCUT2D eigenvalue weighted by atomic mass is 10.3. The predicted molar refractivity (Wildman–Crippen MR) is 57.6 cm³/mol. The van der Waals surface area contributed by atoms with Gasteiger partial charge in [0.15, 0.2) is 0 Å². The number of esters is 1. The van der Waals surface area contributed by atoms with Crippen molar-refractivity contribution in [2.75, 3.05) is 32.8 Å². The summed E-state index contributed by atoms with van der Waals surface area (Å²) in [7, 11) is 0. The molecule has 0 saturated carbocycles. The Balaban J connectivity index is 2.20. The minimum atomic E-state index is -0.265. The van der Waals surface area contributed by atoms with Crippen molar-refractivity contribution in [1.82, 2.24) is 4.90 Å². The molecule has 1 saturated heterocycles. The largest absolute Gasteiger partial charge is 0.463 e. The fourth-order valence-electron chi connectivity index (χ4n) is 1.54. The summed E-state index contributed by atoms with van der Waals surface area (Å²) in [4.78, 5) is 13.3. The zero-order chi connectivity index (χ0) is 11.1. The number of nitrogens with zero attached hydrogens (tertiary/aromatic N) is 1.